The molecule has 3 rings (SSSR count). The second-order valence-electron chi connectivity index (χ2n) is 7.86. The predicted molar refractivity (Wildman–Crippen MR) is 146 cm³/mol. The Morgan fingerprint density at radius 1 is 0.857 bits per heavy atom. The summed E-state index contributed by atoms with van der Waals surface area (Å²) in [7, 11) is 0. The van der Waals surface area contributed by atoms with Gasteiger partial charge >= 0.3 is 0 Å². The summed E-state index contributed by atoms with van der Waals surface area (Å²) in [6, 6.07) is 20.8. The molecule has 0 atom stereocenters. The number of carbonyl (C=O) groups is 2. The molecule has 0 aliphatic carbocycles. The summed E-state index contributed by atoms with van der Waals surface area (Å²) in [5, 5.41) is 9.07. The van der Waals surface area contributed by atoms with E-state index in [1.54, 1.807) is 66.7 Å². The molecule has 0 fully saturated rings. The van der Waals surface area contributed by atoms with Crippen LogP contribution in [0.15, 0.2) is 72.8 Å². The first-order valence-electron chi connectivity index (χ1n) is 11.5. The van der Waals surface area contributed by atoms with Crippen LogP contribution in [0.25, 0.3) is 0 Å². The molecular formula is C27H28ClN3O3S. The molecule has 0 saturated carbocycles. The Kier molecular flexibility index (Phi) is 10.1. The number of para-hydroxylation sites is 1. The van der Waals surface area contributed by atoms with Crippen molar-refractivity contribution in [2.24, 2.45) is 0 Å². The van der Waals surface area contributed by atoms with Crippen LogP contribution >= 0.6 is 23.8 Å². The lowest BCUT2D eigenvalue weighted by molar-refractivity contribution is 0.0972. The lowest BCUT2D eigenvalue weighted by Gasteiger charge is -2.13. The van der Waals surface area contributed by atoms with Gasteiger partial charge in [-0.15, -0.1) is 0 Å². The van der Waals surface area contributed by atoms with Crippen LogP contribution in [0.1, 0.15) is 53.3 Å². The maximum atomic E-state index is 12.8. The molecule has 0 aliphatic heterocycles. The van der Waals surface area contributed by atoms with Gasteiger partial charge in [0.15, 0.2) is 5.11 Å². The van der Waals surface area contributed by atoms with E-state index in [4.69, 9.17) is 28.6 Å². The molecule has 2 amide bonds. The first-order valence-corrected chi connectivity index (χ1v) is 12.3. The van der Waals surface area contributed by atoms with Crippen molar-refractivity contribution in [3.8, 4) is 5.75 Å². The minimum absolute atomic E-state index is 0.111. The van der Waals surface area contributed by atoms with E-state index in [0.29, 0.717) is 39.9 Å². The van der Waals surface area contributed by atoms with E-state index in [9.17, 15) is 9.59 Å². The van der Waals surface area contributed by atoms with Crippen LogP contribution in [-0.4, -0.2) is 23.5 Å². The first-order chi connectivity index (χ1) is 17.0. The highest BCUT2D eigenvalue weighted by Gasteiger charge is 2.14. The van der Waals surface area contributed by atoms with Crippen LogP contribution in [0.4, 0.5) is 11.4 Å². The van der Waals surface area contributed by atoms with Gasteiger partial charge in [-0.3, -0.25) is 14.9 Å². The number of carbonyl (C=O) groups excluding carboxylic acids is 2. The molecular weight excluding hydrogens is 482 g/mol. The fourth-order valence-electron chi connectivity index (χ4n) is 3.33. The lowest BCUT2D eigenvalue weighted by Crippen LogP contribution is -2.34. The van der Waals surface area contributed by atoms with E-state index in [1.165, 1.54) is 0 Å². The highest BCUT2D eigenvalue weighted by atomic mass is 35.5. The second-order valence-corrected chi connectivity index (χ2v) is 8.70. The summed E-state index contributed by atoms with van der Waals surface area (Å²) in [6.45, 7) is 2.71. The van der Waals surface area contributed by atoms with Crippen LogP contribution in [-0.2, 0) is 0 Å². The summed E-state index contributed by atoms with van der Waals surface area (Å²) >= 11 is 11.3. The largest absolute Gasteiger partial charge is 0.493 e. The average Bonchev–Trinajstić information content (AvgIpc) is 2.84. The van der Waals surface area contributed by atoms with Gasteiger partial charge in [-0.05, 0) is 67.2 Å². The summed E-state index contributed by atoms with van der Waals surface area (Å²) in [4.78, 5) is 25.4. The third-order valence-electron chi connectivity index (χ3n) is 5.08. The zero-order valence-electron chi connectivity index (χ0n) is 19.5. The number of rotatable bonds is 10. The number of anilines is 2. The standard InChI is InChI=1S/C27H28ClN3O3S/c1-2-3-4-7-16-34-24-15-6-5-14-23(24)26(33)31-27(35)30-21-12-8-10-19(17-21)25(32)29-22-13-9-11-20(28)18-22/h5-6,8-15,17-18H,2-4,7,16H2,1H3,(H,29,32)(H2,30,31,33,35). The van der Waals surface area contributed by atoms with Crippen LogP contribution in [0, 0.1) is 0 Å². The van der Waals surface area contributed by atoms with Crippen molar-refractivity contribution in [1.82, 2.24) is 5.32 Å². The zero-order chi connectivity index (χ0) is 25.0. The highest BCUT2D eigenvalue weighted by Crippen LogP contribution is 2.19. The lowest BCUT2D eigenvalue weighted by atomic mass is 10.1. The Hall–Kier alpha value is -3.42. The minimum Gasteiger partial charge on any atom is -0.493 e. The van der Waals surface area contributed by atoms with E-state index in [-0.39, 0.29) is 16.9 Å². The maximum Gasteiger partial charge on any atom is 0.261 e. The topological polar surface area (TPSA) is 79.5 Å². The van der Waals surface area contributed by atoms with Crippen molar-refractivity contribution in [2.75, 3.05) is 17.2 Å². The summed E-state index contributed by atoms with van der Waals surface area (Å²) in [6.07, 6.45) is 4.34. The number of ether oxygens (including phenoxy) is 1. The molecule has 0 heterocycles. The Bertz CT molecular complexity index is 1190. The summed E-state index contributed by atoms with van der Waals surface area (Å²) in [5.74, 6) is -0.152. The molecule has 0 bridgehead atoms. The highest BCUT2D eigenvalue weighted by molar-refractivity contribution is 7.80. The molecule has 8 heteroatoms. The minimum atomic E-state index is -0.374. The molecule has 0 radical (unpaired) electrons. The molecule has 182 valence electrons. The van der Waals surface area contributed by atoms with Crippen molar-refractivity contribution in [3.63, 3.8) is 0 Å². The fourth-order valence-corrected chi connectivity index (χ4v) is 3.73. The van der Waals surface area contributed by atoms with Gasteiger partial charge in [0.05, 0.1) is 12.2 Å². The van der Waals surface area contributed by atoms with Crippen molar-refractivity contribution in [2.45, 2.75) is 32.6 Å². The quantitative estimate of drug-likeness (QED) is 0.210. The number of unbranched alkanes of at least 4 members (excludes halogenated alkanes) is 3. The SMILES string of the molecule is CCCCCCOc1ccccc1C(=O)NC(=S)Nc1cccc(C(=O)Nc2cccc(Cl)c2)c1. The molecule has 0 unspecified atom stereocenters. The third kappa shape index (κ3) is 8.38. The van der Waals surface area contributed by atoms with Gasteiger partial charge < -0.3 is 15.4 Å². The molecule has 6 nitrogen and oxygen atoms in total. The van der Waals surface area contributed by atoms with Crippen molar-refractivity contribution in [1.29, 1.82) is 0 Å². The van der Waals surface area contributed by atoms with Gasteiger partial charge in [0, 0.05) is 22.0 Å². The fraction of sp³-hybridized carbons (Fsp3) is 0.222. The third-order valence-corrected chi connectivity index (χ3v) is 5.52. The smallest absolute Gasteiger partial charge is 0.261 e. The van der Waals surface area contributed by atoms with Crippen LogP contribution in [0.3, 0.4) is 0 Å². The molecule has 35 heavy (non-hydrogen) atoms. The van der Waals surface area contributed by atoms with Crippen LogP contribution < -0.4 is 20.7 Å². The van der Waals surface area contributed by atoms with Gasteiger partial charge in [0.2, 0.25) is 0 Å². The Balaban J connectivity index is 1.58. The average molecular weight is 510 g/mol. The molecule has 3 N–H and O–H groups in total. The van der Waals surface area contributed by atoms with Crippen molar-refractivity contribution < 1.29 is 14.3 Å². The Morgan fingerprint density at radius 2 is 1.60 bits per heavy atom. The normalized spacial score (nSPS) is 10.3. The molecule has 3 aromatic carbocycles. The number of amides is 2. The van der Waals surface area contributed by atoms with Gasteiger partial charge in [-0.2, -0.15) is 0 Å². The molecule has 0 spiro atoms. The number of halogens is 1. The second kappa shape index (κ2) is 13.5. The van der Waals surface area contributed by atoms with Gasteiger partial charge in [-0.25, -0.2) is 0 Å². The van der Waals surface area contributed by atoms with E-state index in [1.807, 2.05) is 6.07 Å². The van der Waals surface area contributed by atoms with E-state index >= 15 is 0 Å². The number of nitrogens with one attached hydrogen (secondary N) is 3. The maximum absolute atomic E-state index is 12.8. The summed E-state index contributed by atoms with van der Waals surface area (Å²) < 4.78 is 5.83. The first kappa shape index (κ1) is 26.2. The van der Waals surface area contributed by atoms with E-state index < -0.39 is 0 Å². The molecule has 0 saturated heterocycles. The van der Waals surface area contributed by atoms with Gasteiger partial charge in [0.25, 0.3) is 11.8 Å². The Labute approximate surface area is 216 Å². The van der Waals surface area contributed by atoms with Crippen molar-refractivity contribution in [3.05, 3.63) is 88.9 Å². The monoisotopic (exact) mass is 509 g/mol. The predicted octanol–water partition coefficient (Wildman–Crippen LogP) is 6.68. The number of hydrogen-bond donors (Lipinski definition) is 3. The molecule has 3 aromatic rings. The number of hydrogen-bond acceptors (Lipinski definition) is 4. The van der Waals surface area contributed by atoms with E-state index in [2.05, 4.69) is 22.9 Å². The van der Waals surface area contributed by atoms with Gasteiger partial charge in [-0.1, -0.05) is 62.1 Å². The summed E-state index contributed by atoms with van der Waals surface area (Å²) in [5.41, 5.74) is 1.98. The molecule has 0 aromatic heterocycles. The van der Waals surface area contributed by atoms with E-state index in [0.717, 1.165) is 25.7 Å². The number of benzene rings is 3. The van der Waals surface area contributed by atoms with Gasteiger partial charge in [0.1, 0.15) is 5.75 Å². The Morgan fingerprint density at radius 3 is 2.37 bits per heavy atom. The molecule has 0 aliphatic rings. The zero-order valence-corrected chi connectivity index (χ0v) is 21.0. The van der Waals surface area contributed by atoms with Crippen LogP contribution in [0.2, 0.25) is 5.02 Å². The van der Waals surface area contributed by atoms with Crippen LogP contribution in [0.5, 0.6) is 5.75 Å². The van der Waals surface area contributed by atoms with Crippen molar-refractivity contribution >= 4 is 52.1 Å². The number of thiocarbonyl (C=S) groups is 1.